The van der Waals surface area contributed by atoms with Crippen LogP contribution in [-0.4, -0.2) is 239 Å². The third kappa shape index (κ3) is 44.5. The van der Waals surface area contributed by atoms with Crippen molar-refractivity contribution in [2.75, 3.05) is 82.3 Å². The molecule has 3 fully saturated rings. The van der Waals surface area contributed by atoms with Crippen LogP contribution in [-0.2, 0) is 61.9 Å². The van der Waals surface area contributed by atoms with Crippen LogP contribution >= 0.6 is 0 Å². The summed E-state index contributed by atoms with van der Waals surface area (Å²) in [5.74, 6) is -3.94. The van der Waals surface area contributed by atoms with Gasteiger partial charge in [-0.1, -0.05) is 123 Å². The number of ketones is 1. The second-order valence-corrected chi connectivity index (χ2v) is 42.8. The molecule has 0 spiro atoms. The van der Waals surface area contributed by atoms with Gasteiger partial charge < -0.3 is 132 Å². The summed E-state index contributed by atoms with van der Waals surface area (Å²) >= 11 is 0. The number of rotatable bonds is 52. The summed E-state index contributed by atoms with van der Waals surface area (Å²) in [6.45, 7) is 50.8. The zero-order chi connectivity index (χ0) is 106. The monoisotopic (exact) mass is 2000 g/mol. The number of hydrogen-bond donors (Lipinski definition) is 8. The molecule has 0 saturated carbocycles. The van der Waals surface area contributed by atoms with Crippen molar-refractivity contribution in [2.45, 2.75) is 328 Å². The van der Waals surface area contributed by atoms with Crippen LogP contribution in [0.4, 0.5) is 14.4 Å². The number of benzene rings is 3. The summed E-state index contributed by atoms with van der Waals surface area (Å²) in [6.07, 6.45) is -3.02. The van der Waals surface area contributed by atoms with Gasteiger partial charge in [-0.05, 0) is 233 Å². The van der Waals surface area contributed by atoms with Crippen LogP contribution in [0.5, 0.6) is 34.5 Å². The van der Waals surface area contributed by atoms with E-state index < -0.39 is 126 Å². The Labute approximate surface area is 870 Å². The fourth-order valence-electron chi connectivity index (χ4n) is 17.3. The van der Waals surface area contributed by atoms with Gasteiger partial charge in [-0.25, -0.2) is 14.4 Å². The number of Topliss-reactive ketones (excluding diaryl/α,β-unsaturated/α-hetero) is 1. The molecule has 37 heteroatoms. The number of carbonyl (C=O) groups is 9. The minimum Gasteiger partial charge on any atom is -0.550 e. The molecule has 18 atom stereocenters. The van der Waals surface area contributed by atoms with Crippen LogP contribution in [0, 0.1) is 94.7 Å². The number of aliphatic hydroxyl groups is 4. The number of esters is 2. The molecule has 0 radical (unpaired) electrons. The van der Waals surface area contributed by atoms with E-state index in [0.717, 1.165) is 6.42 Å². The SMILES string of the molecule is CB(O)N1C(=O)C(C(C)C)C[C@H]1[C@@H]1CC(C(C)C)C(=O)O1.COCCCOc1cc(C(=O)[C@@H](C[C@H](NC(=O)OC(C)(C)C)[C@@H](O)C[C@H](C(=O)[O-])C(C)C)C(C)C)ccc1OC.COCCCOc1cc(C(O)[C@@H](C[C@H](NC(=O)OC(C)(C)C)[C@@H](O)C[C@H](C(=O)[O-])C(C)C)C(C)C)ccc1OC.COCCCOc1cc(C(O)[C@@H](C[C@H](NC(=O)OC(C)(C)C)[C@@H]2CC(C(C)C)C(=O)O2)C(C)C)ccc1OC.[Li+].[Li+]. The molecule has 5 unspecified atom stereocenters. The summed E-state index contributed by atoms with van der Waals surface area (Å²) in [4.78, 5) is 114. The van der Waals surface area contributed by atoms with E-state index in [4.69, 9.17) is 66.3 Å². The van der Waals surface area contributed by atoms with Gasteiger partial charge in [0, 0.05) is 102 Å². The van der Waals surface area contributed by atoms with Gasteiger partial charge in [0.1, 0.15) is 29.0 Å². The predicted molar refractivity (Wildman–Crippen MR) is 528 cm³/mol. The molecule has 3 aliphatic heterocycles. The van der Waals surface area contributed by atoms with Crippen molar-refractivity contribution >= 4 is 60.9 Å². The first-order valence-electron chi connectivity index (χ1n) is 49.7. The first kappa shape index (κ1) is 132. The standard InChI is InChI=1S/C30H51NO9.C30H49NO9.C30H49NO8.C15H26BNO4.2Li/c2*1-18(2)21(27(33)20-11-12-25(38-9)26(15-20)39-14-10-13-37-8)16-23(31-29(36)40-30(5,6)7)24(32)17-22(19(3)4)28(34)35;1-18(2)21(27(32)20-11-12-24(36-9)26(15-20)37-14-10-13-35-8)16-23(31-29(34)39-30(5,6)7)25-17-22(19(3)4)28(33)38-25;1-8(2)10-6-12(17(14(10)18)16(5)20)13-7-11(9(3)4)15(19)21-13;;/h11-12,15,18-19,21-24,27,32-33H,10,13-14,16-17H2,1-9H3,(H,31,36)(H,34,35);11-12,15,18-19,21-24,32H,10,13-14,16-17H2,1-9H3,(H,31,36)(H,34,35);11-12,15,18-19,21-23,25,27,32H,10,13-14,16-17H2,1-9H3,(H,31,34);8-13,20H,6-7H2,1-5H3;;/q;;;;2*+1/p-2/t21-,22-,23-,24-,27?;21-,22-,23-,24-;21-,22?,23-,25-,27?;10?,11?,12-,13-;;/m0000../s1. The van der Waals surface area contributed by atoms with E-state index in [1.165, 1.54) is 19.0 Å². The normalized spacial score (nSPS) is 19.0. The number of carboxylic acid groups (broad SMARTS) is 2. The van der Waals surface area contributed by atoms with Crippen molar-refractivity contribution in [3.63, 3.8) is 0 Å². The van der Waals surface area contributed by atoms with Crippen molar-refractivity contribution in [1.82, 2.24) is 20.8 Å². The summed E-state index contributed by atoms with van der Waals surface area (Å²) in [5, 5.41) is 87.2. The number of cyclic esters (lactones) is 2. The summed E-state index contributed by atoms with van der Waals surface area (Å²) in [5.41, 5.74) is -0.591. The van der Waals surface area contributed by atoms with Crippen molar-refractivity contribution in [3.05, 3.63) is 71.3 Å². The van der Waals surface area contributed by atoms with Crippen molar-refractivity contribution < 1.29 is 183 Å². The molecule has 3 heterocycles. The third-order valence-corrected chi connectivity index (χ3v) is 25.5. The predicted octanol–water partition coefficient (Wildman–Crippen LogP) is 7.95. The Morgan fingerprint density at radius 1 is 0.437 bits per heavy atom. The van der Waals surface area contributed by atoms with Crippen LogP contribution in [0.2, 0.25) is 6.82 Å². The molecule has 6 rings (SSSR count). The van der Waals surface area contributed by atoms with Crippen LogP contribution in [0.1, 0.15) is 277 Å². The molecule has 8 N–H and O–H groups in total. The largest absolute Gasteiger partial charge is 1.00 e. The Morgan fingerprint density at radius 3 is 1.12 bits per heavy atom. The number of carbonyl (C=O) groups excluding carboxylic acids is 9. The average molecular weight is 2000 g/mol. The quantitative estimate of drug-likeness (QED) is 0.00873. The van der Waals surface area contributed by atoms with E-state index in [-0.39, 0.29) is 170 Å². The second-order valence-electron chi connectivity index (χ2n) is 42.8. The van der Waals surface area contributed by atoms with E-state index in [1.54, 1.807) is 174 Å². The first-order chi connectivity index (χ1) is 65.2. The first-order valence-corrected chi connectivity index (χ1v) is 49.7. The van der Waals surface area contributed by atoms with Crippen LogP contribution in [0.15, 0.2) is 54.6 Å². The zero-order valence-electron chi connectivity index (χ0n) is 91.7. The van der Waals surface area contributed by atoms with Crippen molar-refractivity contribution in [3.8, 4) is 34.5 Å². The maximum absolute atomic E-state index is 13.8. The molecule has 0 aliphatic carbocycles. The molecular weight excluding hydrogens is 1820 g/mol. The number of aliphatic hydroxyl groups excluding tert-OH is 4. The van der Waals surface area contributed by atoms with E-state index in [0.29, 0.717) is 129 Å². The Balaban J connectivity index is 0.000000962. The molecule has 3 aromatic carbocycles. The number of amides is 4. The van der Waals surface area contributed by atoms with Crippen LogP contribution in [0.3, 0.4) is 0 Å². The zero-order valence-corrected chi connectivity index (χ0v) is 91.7. The van der Waals surface area contributed by atoms with Gasteiger partial charge in [0.25, 0.3) is 0 Å². The fourth-order valence-corrected chi connectivity index (χ4v) is 17.3. The second kappa shape index (κ2) is 63.7. The maximum atomic E-state index is 13.8. The molecule has 4 amide bonds. The number of nitrogens with one attached hydrogen (secondary N) is 3. The molecule has 0 aromatic heterocycles. The van der Waals surface area contributed by atoms with E-state index >= 15 is 0 Å². The van der Waals surface area contributed by atoms with Crippen molar-refractivity contribution in [1.29, 1.82) is 0 Å². The molecule has 142 heavy (non-hydrogen) atoms. The number of ether oxygens (including phenoxy) is 14. The van der Waals surface area contributed by atoms with Gasteiger partial charge >= 0.3 is 75.0 Å². The molecule has 3 aromatic rings. The smallest absolute Gasteiger partial charge is 0.550 e. The van der Waals surface area contributed by atoms with Gasteiger partial charge in [0.15, 0.2) is 40.3 Å². The topological polar surface area (TPSA) is 469 Å². The van der Waals surface area contributed by atoms with Crippen molar-refractivity contribution in [2.24, 2.45) is 94.7 Å². The Kier molecular flexibility index (Phi) is 59.3. The number of carboxylic acids is 2. The molecule has 3 saturated heterocycles. The van der Waals surface area contributed by atoms with Crippen LogP contribution < -0.4 is 92.3 Å². The molecule has 798 valence electrons. The number of methoxy groups -OCH3 is 6. The molecule has 0 bridgehead atoms. The summed E-state index contributed by atoms with van der Waals surface area (Å²) in [7, 11) is 8.65. The van der Waals surface area contributed by atoms with Gasteiger partial charge in [-0.2, -0.15) is 0 Å². The van der Waals surface area contributed by atoms with E-state index in [2.05, 4.69) is 16.0 Å². The fraction of sp³-hybridized carbons (Fsp3) is 0.743. The number of alkyl carbamates (subject to hydrolysis) is 3. The Bertz CT molecular complexity index is 4270. The molecular formula is C105H173BLi2N4O30. The Morgan fingerprint density at radius 2 is 0.789 bits per heavy atom. The minimum atomic E-state index is -1.28. The average Bonchev–Trinajstić information content (AvgIpc) is 1.62. The Hall–Kier alpha value is -7.77. The maximum Gasteiger partial charge on any atom is 1.00 e. The third-order valence-electron chi connectivity index (χ3n) is 25.5. The van der Waals surface area contributed by atoms with Gasteiger partial charge in [-0.15, -0.1) is 0 Å². The summed E-state index contributed by atoms with van der Waals surface area (Å²) in [6, 6.07) is 13.0. The number of nitrogens with zero attached hydrogens (tertiary/aromatic N) is 1. The van der Waals surface area contributed by atoms with E-state index in [9.17, 15) is 78.8 Å². The van der Waals surface area contributed by atoms with Gasteiger partial charge in [0.05, 0.1) is 102 Å². The van der Waals surface area contributed by atoms with Gasteiger partial charge in [-0.3, -0.25) is 19.2 Å². The number of aliphatic carboxylic acids is 2. The van der Waals surface area contributed by atoms with Gasteiger partial charge in [0.2, 0.25) is 5.91 Å². The molecule has 34 nitrogen and oxygen atoms in total. The molecule has 3 aliphatic rings. The number of hydrogen-bond acceptors (Lipinski definition) is 30. The van der Waals surface area contributed by atoms with E-state index in [1.807, 2.05) is 89.2 Å². The summed E-state index contributed by atoms with van der Waals surface area (Å²) < 4.78 is 76.7. The van der Waals surface area contributed by atoms with Crippen LogP contribution in [0.25, 0.3) is 0 Å². The minimum absolute atomic E-state index is 0.